The highest BCUT2D eigenvalue weighted by Gasteiger charge is 2.16. The predicted molar refractivity (Wildman–Crippen MR) is 48.0 cm³/mol. The number of hydrogen-bond donors (Lipinski definition) is 3. The van der Waals surface area contributed by atoms with E-state index >= 15 is 0 Å². The van der Waals surface area contributed by atoms with Crippen molar-refractivity contribution in [2.75, 3.05) is 0 Å². The third kappa shape index (κ3) is 36.6. The molecule has 0 aromatic heterocycles. The van der Waals surface area contributed by atoms with Crippen LogP contribution in [0.5, 0.6) is 0 Å². The molecule has 0 aromatic rings. The van der Waals surface area contributed by atoms with Crippen molar-refractivity contribution in [1.29, 1.82) is 10.8 Å². The third-order valence-corrected chi connectivity index (χ3v) is 1.41. The van der Waals surface area contributed by atoms with Gasteiger partial charge in [-0.15, -0.1) is 0 Å². The van der Waals surface area contributed by atoms with Crippen molar-refractivity contribution in [3.8, 4) is 0 Å². The highest BCUT2D eigenvalue weighted by molar-refractivity contribution is 5.26. The van der Waals surface area contributed by atoms with Crippen LogP contribution in [0.15, 0.2) is 0 Å². The summed E-state index contributed by atoms with van der Waals surface area (Å²) >= 11 is 0. The van der Waals surface area contributed by atoms with Crippen LogP contribution < -0.4 is 0 Å². The van der Waals surface area contributed by atoms with Crippen LogP contribution in [0.4, 0.5) is 0 Å². The summed E-state index contributed by atoms with van der Waals surface area (Å²) in [6, 6.07) is 0. The van der Waals surface area contributed by atoms with Crippen LogP contribution in [0, 0.1) is 16.7 Å². The summed E-state index contributed by atoms with van der Waals surface area (Å²) in [5.74, 6) is 0.354. The lowest BCUT2D eigenvalue weighted by Crippen LogP contribution is -2.25. The van der Waals surface area contributed by atoms with E-state index in [1.54, 1.807) is 0 Å². The molecule has 0 heterocycles. The zero-order valence-corrected chi connectivity index (χ0v) is 8.34. The Balaban J connectivity index is -0.000000140. The van der Waals surface area contributed by atoms with Crippen molar-refractivity contribution in [3.05, 3.63) is 0 Å². The summed E-state index contributed by atoms with van der Waals surface area (Å²) in [5.41, 5.74) is -0.500. The maximum Gasteiger partial charge on any atom is 0.231 e. The second-order valence-electron chi connectivity index (χ2n) is 3.01. The van der Waals surface area contributed by atoms with Gasteiger partial charge in [-0.05, 0) is 19.8 Å². The van der Waals surface area contributed by atoms with Crippen molar-refractivity contribution in [2.24, 2.45) is 5.92 Å². The van der Waals surface area contributed by atoms with E-state index in [1.165, 1.54) is 0 Å². The minimum atomic E-state index is -0.500. The van der Waals surface area contributed by atoms with Gasteiger partial charge in [0.25, 0.3) is 0 Å². The number of isocyanates is 2. The first-order valence-electron chi connectivity index (χ1n) is 3.58. The quantitative estimate of drug-likeness (QED) is 0.425. The van der Waals surface area contributed by atoms with Crippen molar-refractivity contribution >= 4 is 12.2 Å². The maximum absolute atomic E-state index is 9.09. The maximum atomic E-state index is 9.09. The fourth-order valence-electron chi connectivity index (χ4n) is 0. The Morgan fingerprint density at radius 2 is 1.23 bits per heavy atom. The summed E-state index contributed by atoms with van der Waals surface area (Å²) in [4.78, 5) is 16.7. The van der Waals surface area contributed by atoms with Crippen molar-refractivity contribution in [2.45, 2.75) is 33.3 Å². The van der Waals surface area contributed by atoms with Gasteiger partial charge in [-0.3, -0.25) is 0 Å². The molecule has 3 N–H and O–H groups in total. The fraction of sp³-hybridized carbons (Fsp3) is 0.750. The fourth-order valence-corrected chi connectivity index (χ4v) is 0. The van der Waals surface area contributed by atoms with Crippen LogP contribution in [0.2, 0.25) is 0 Å². The van der Waals surface area contributed by atoms with Gasteiger partial charge in [0.05, 0.1) is 5.60 Å². The number of hydrogen-bond acceptors (Lipinski definition) is 5. The first kappa shape index (κ1) is 17.7. The minimum Gasteiger partial charge on any atom is -0.390 e. The van der Waals surface area contributed by atoms with E-state index in [4.69, 9.17) is 25.5 Å². The summed E-state index contributed by atoms with van der Waals surface area (Å²) in [6.45, 7) is 7.63. The molecule has 5 nitrogen and oxygen atoms in total. The largest absolute Gasteiger partial charge is 0.390 e. The lowest BCUT2D eigenvalue weighted by Gasteiger charge is -2.21. The molecule has 0 spiro atoms. The molecule has 0 aromatic carbocycles. The number of carbonyl (C=O) groups excluding carboxylic acids is 2. The SMILES string of the molecule is CC(C)C(C)(C)O.N=C=O.N=C=O. The molecule has 0 bridgehead atoms. The zero-order valence-electron chi connectivity index (χ0n) is 8.34. The van der Waals surface area contributed by atoms with Crippen LogP contribution in [-0.2, 0) is 9.59 Å². The molecule has 5 heteroatoms. The average molecular weight is 188 g/mol. The first-order valence-corrected chi connectivity index (χ1v) is 3.58. The van der Waals surface area contributed by atoms with Gasteiger partial charge in [-0.1, -0.05) is 13.8 Å². The van der Waals surface area contributed by atoms with E-state index in [0.717, 1.165) is 12.2 Å². The molecule has 0 atom stereocenters. The second kappa shape index (κ2) is 10.7. The molecule has 76 valence electrons. The lowest BCUT2D eigenvalue weighted by molar-refractivity contribution is 0.0327. The van der Waals surface area contributed by atoms with Crippen molar-refractivity contribution in [1.82, 2.24) is 0 Å². The minimum absolute atomic E-state index is 0.354. The zero-order chi connectivity index (χ0) is 11.5. The van der Waals surface area contributed by atoms with Gasteiger partial charge in [0.15, 0.2) is 0 Å². The number of aliphatic hydroxyl groups is 1. The van der Waals surface area contributed by atoms with Gasteiger partial charge in [-0.2, -0.15) is 0 Å². The Morgan fingerprint density at radius 1 is 1.15 bits per heavy atom. The van der Waals surface area contributed by atoms with Gasteiger partial charge in [-0.25, -0.2) is 20.4 Å². The molecule has 0 unspecified atom stereocenters. The molecule has 0 aliphatic heterocycles. The highest BCUT2D eigenvalue weighted by atomic mass is 16.3. The molecule has 13 heavy (non-hydrogen) atoms. The van der Waals surface area contributed by atoms with Crippen LogP contribution in [0.1, 0.15) is 27.7 Å². The van der Waals surface area contributed by atoms with E-state index in [-0.39, 0.29) is 0 Å². The molecule has 0 amide bonds. The first-order chi connectivity index (χ1) is 5.77. The Morgan fingerprint density at radius 3 is 1.23 bits per heavy atom. The molecule has 0 saturated heterocycles. The van der Waals surface area contributed by atoms with E-state index in [9.17, 15) is 0 Å². The standard InChI is InChI=1S/C6H14O.2CHNO/c1-5(2)6(3,4)7;2*2-1-3/h5,7H,1-4H3;2*2H. The molecule has 0 aliphatic rings. The van der Waals surface area contributed by atoms with E-state index in [0.29, 0.717) is 5.92 Å². The predicted octanol–water partition coefficient (Wildman–Crippen LogP) is 1.22. The van der Waals surface area contributed by atoms with Crippen LogP contribution in [0.25, 0.3) is 0 Å². The van der Waals surface area contributed by atoms with E-state index in [2.05, 4.69) is 0 Å². The Hall–Kier alpha value is -1.28. The molecular weight excluding hydrogens is 172 g/mol. The Labute approximate surface area is 77.8 Å². The van der Waals surface area contributed by atoms with Gasteiger partial charge in [0.2, 0.25) is 12.2 Å². The second-order valence-corrected chi connectivity index (χ2v) is 3.01. The Bertz CT molecular complexity index is 158. The molecule has 0 saturated carbocycles. The van der Waals surface area contributed by atoms with Crippen molar-refractivity contribution < 1.29 is 14.7 Å². The Kier molecular flexibility index (Phi) is 14.6. The van der Waals surface area contributed by atoms with Gasteiger partial charge < -0.3 is 5.11 Å². The van der Waals surface area contributed by atoms with Crippen LogP contribution in [0.3, 0.4) is 0 Å². The summed E-state index contributed by atoms with van der Waals surface area (Å²) < 4.78 is 0. The average Bonchev–Trinajstić information content (AvgIpc) is 1.88. The topological polar surface area (TPSA) is 102 Å². The monoisotopic (exact) mass is 188 g/mol. The van der Waals surface area contributed by atoms with Gasteiger partial charge in [0.1, 0.15) is 0 Å². The number of nitrogens with one attached hydrogen (secondary N) is 2. The van der Waals surface area contributed by atoms with E-state index in [1.807, 2.05) is 27.7 Å². The smallest absolute Gasteiger partial charge is 0.231 e. The normalized spacial score (nSPS) is 8.15. The summed E-state index contributed by atoms with van der Waals surface area (Å²) in [6.07, 6.45) is 1.50. The van der Waals surface area contributed by atoms with Gasteiger partial charge >= 0.3 is 0 Å². The molecule has 0 rings (SSSR count). The van der Waals surface area contributed by atoms with Crippen molar-refractivity contribution in [3.63, 3.8) is 0 Å². The van der Waals surface area contributed by atoms with Crippen LogP contribution in [-0.4, -0.2) is 22.9 Å². The third-order valence-electron chi connectivity index (χ3n) is 1.41. The summed E-state index contributed by atoms with van der Waals surface area (Å²) in [5, 5.41) is 19.9. The van der Waals surface area contributed by atoms with Crippen LogP contribution >= 0.6 is 0 Å². The molecule has 0 radical (unpaired) electrons. The summed E-state index contributed by atoms with van der Waals surface area (Å²) in [7, 11) is 0. The number of rotatable bonds is 1. The van der Waals surface area contributed by atoms with E-state index < -0.39 is 5.60 Å². The molecule has 0 fully saturated rings. The van der Waals surface area contributed by atoms with Gasteiger partial charge in [0, 0.05) is 0 Å². The molecule has 0 aliphatic carbocycles. The lowest BCUT2D eigenvalue weighted by atomic mass is 9.95. The molecular formula is C8H16N2O3. The highest BCUT2D eigenvalue weighted by Crippen LogP contribution is 2.12.